The highest BCUT2D eigenvalue weighted by molar-refractivity contribution is 7.11. The van der Waals surface area contributed by atoms with Crippen LogP contribution in [0.3, 0.4) is 0 Å². The molecule has 3 nitrogen and oxygen atoms in total. The van der Waals surface area contributed by atoms with Crippen molar-refractivity contribution >= 4 is 17.3 Å². The van der Waals surface area contributed by atoms with Gasteiger partial charge in [-0.2, -0.15) is 0 Å². The molecule has 0 N–H and O–H groups in total. The summed E-state index contributed by atoms with van der Waals surface area (Å²) in [5.74, 6) is -0.157. The van der Waals surface area contributed by atoms with Crippen LogP contribution in [0, 0.1) is 6.92 Å². The molecule has 0 aliphatic rings. The Morgan fingerprint density at radius 1 is 1.57 bits per heavy atom. The van der Waals surface area contributed by atoms with Crippen LogP contribution in [0.4, 0.5) is 0 Å². The summed E-state index contributed by atoms with van der Waals surface area (Å²) in [7, 11) is 1.42. The van der Waals surface area contributed by atoms with Gasteiger partial charge in [0, 0.05) is 4.88 Å². The van der Waals surface area contributed by atoms with Crippen LogP contribution in [0.15, 0.2) is 0 Å². The van der Waals surface area contributed by atoms with Crippen molar-refractivity contribution in [1.29, 1.82) is 0 Å². The number of rotatable bonds is 4. The molecule has 0 radical (unpaired) electrons. The van der Waals surface area contributed by atoms with Crippen LogP contribution in [-0.2, 0) is 22.4 Å². The summed E-state index contributed by atoms with van der Waals surface area (Å²) >= 11 is 1.69. The summed E-state index contributed by atoms with van der Waals surface area (Å²) < 4.78 is 4.59. The van der Waals surface area contributed by atoms with Gasteiger partial charge in [-0.25, -0.2) is 4.98 Å². The molecule has 0 unspecified atom stereocenters. The zero-order valence-corrected chi connectivity index (χ0v) is 9.61. The molecule has 1 rings (SSSR count). The monoisotopic (exact) mass is 213 g/mol. The molecule has 14 heavy (non-hydrogen) atoms. The number of methoxy groups -OCH3 is 1. The molecule has 0 fully saturated rings. The molecule has 4 heteroatoms. The average molecular weight is 213 g/mol. The van der Waals surface area contributed by atoms with E-state index < -0.39 is 0 Å². The fourth-order valence-electron chi connectivity index (χ4n) is 1.19. The highest BCUT2D eigenvalue weighted by atomic mass is 32.1. The Bertz CT molecular complexity index is 320. The number of hydrogen-bond acceptors (Lipinski definition) is 4. The van der Waals surface area contributed by atoms with Crippen molar-refractivity contribution in [3.05, 3.63) is 15.6 Å². The Balaban J connectivity index is 2.58. The Hall–Kier alpha value is -0.900. The minimum atomic E-state index is -0.157. The summed E-state index contributed by atoms with van der Waals surface area (Å²) in [5, 5.41) is 1.14. The van der Waals surface area contributed by atoms with Crippen molar-refractivity contribution in [2.24, 2.45) is 0 Å². The molecular weight excluding hydrogens is 198 g/mol. The standard InChI is InChI=1S/C10H15NO2S/c1-4-9-11-7(2)8(14-9)5-6-10(12)13-3/h4-6H2,1-3H3. The van der Waals surface area contributed by atoms with Gasteiger partial charge < -0.3 is 4.74 Å². The van der Waals surface area contributed by atoms with E-state index in [1.165, 1.54) is 12.0 Å². The van der Waals surface area contributed by atoms with Crippen molar-refractivity contribution in [2.75, 3.05) is 7.11 Å². The number of carbonyl (C=O) groups excluding carboxylic acids is 1. The smallest absolute Gasteiger partial charge is 0.305 e. The van der Waals surface area contributed by atoms with Gasteiger partial charge in [-0.15, -0.1) is 11.3 Å². The van der Waals surface area contributed by atoms with Crippen LogP contribution in [0.1, 0.15) is 28.9 Å². The highest BCUT2D eigenvalue weighted by Crippen LogP contribution is 2.20. The molecular formula is C10H15NO2S. The number of esters is 1. The topological polar surface area (TPSA) is 39.2 Å². The second-order valence-corrected chi connectivity index (χ2v) is 4.21. The van der Waals surface area contributed by atoms with Crippen molar-refractivity contribution in [3.8, 4) is 0 Å². The zero-order valence-electron chi connectivity index (χ0n) is 8.79. The number of ether oxygens (including phenoxy) is 1. The van der Waals surface area contributed by atoms with E-state index in [1.807, 2.05) is 6.92 Å². The summed E-state index contributed by atoms with van der Waals surface area (Å²) in [5.41, 5.74) is 1.05. The second kappa shape index (κ2) is 5.10. The van der Waals surface area contributed by atoms with E-state index in [2.05, 4.69) is 16.6 Å². The van der Waals surface area contributed by atoms with Gasteiger partial charge in [0.25, 0.3) is 0 Å². The first-order chi connectivity index (χ1) is 6.67. The molecule has 0 saturated heterocycles. The van der Waals surface area contributed by atoms with Crippen LogP contribution >= 0.6 is 11.3 Å². The lowest BCUT2D eigenvalue weighted by Gasteiger charge is -1.97. The predicted octanol–water partition coefficient (Wildman–Crippen LogP) is 2.12. The van der Waals surface area contributed by atoms with Crippen molar-refractivity contribution < 1.29 is 9.53 Å². The van der Waals surface area contributed by atoms with Crippen LogP contribution < -0.4 is 0 Å². The van der Waals surface area contributed by atoms with Gasteiger partial charge in [-0.3, -0.25) is 4.79 Å². The normalized spacial score (nSPS) is 10.2. The average Bonchev–Trinajstić information content (AvgIpc) is 2.55. The number of carbonyl (C=O) groups is 1. The maximum absolute atomic E-state index is 10.9. The molecule has 0 spiro atoms. The molecule has 0 aliphatic carbocycles. The first-order valence-corrected chi connectivity index (χ1v) is 5.51. The van der Waals surface area contributed by atoms with Crippen LogP contribution in [0.5, 0.6) is 0 Å². The SMILES string of the molecule is CCc1nc(C)c(CCC(=O)OC)s1. The first-order valence-electron chi connectivity index (χ1n) is 4.69. The van der Waals surface area contributed by atoms with Gasteiger partial charge in [-0.1, -0.05) is 6.92 Å². The third kappa shape index (κ3) is 2.80. The Morgan fingerprint density at radius 3 is 2.79 bits per heavy atom. The van der Waals surface area contributed by atoms with E-state index in [-0.39, 0.29) is 5.97 Å². The van der Waals surface area contributed by atoms with Gasteiger partial charge in [0.05, 0.1) is 24.2 Å². The zero-order chi connectivity index (χ0) is 10.6. The molecule has 1 aromatic rings. The van der Waals surface area contributed by atoms with Gasteiger partial charge in [0.1, 0.15) is 0 Å². The van der Waals surface area contributed by atoms with Crippen LogP contribution in [0.25, 0.3) is 0 Å². The lowest BCUT2D eigenvalue weighted by molar-refractivity contribution is -0.140. The van der Waals surface area contributed by atoms with Crippen LogP contribution in [0.2, 0.25) is 0 Å². The van der Waals surface area contributed by atoms with Crippen molar-refractivity contribution in [1.82, 2.24) is 4.98 Å². The van der Waals surface area contributed by atoms with E-state index in [4.69, 9.17) is 0 Å². The third-order valence-corrected chi connectivity index (χ3v) is 3.38. The molecule has 0 atom stereocenters. The van der Waals surface area contributed by atoms with E-state index in [0.29, 0.717) is 6.42 Å². The van der Waals surface area contributed by atoms with Gasteiger partial charge in [0.15, 0.2) is 0 Å². The van der Waals surface area contributed by atoms with E-state index >= 15 is 0 Å². The maximum Gasteiger partial charge on any atom is 0.305 e. The molecule has 1 heterocycles. The van der Waals surface area contributed by atoms with Crippen molar-refractivity contribution in [2.45, 2.75) is 33.1 Å². The molecule has 0 aromatic carbocycles. The van der Waals surface area contributed by atoms with E-state index in [9.17, 15) is 4.79 Å². The van der Waals surface area contributed by atoms with Crippen molar-refractivity contribution in [3.63, 3.8) is 0 Å². The van der Waals surface area contributed by atoms with E-state index in [0.717, 1.165) is 23.5 Å². The Kier molecular flexibility index (Phi) is 4.07. The van der Waals surface area contributed by atoms with Crippen LogP contribution in [-0.4, -0.2) is 18.1 Å². The second-order valence-electron chi connectivity index (χ2n) is 3.05. The summed E-state index contributed by atoms with van der Waals surface area (Å²) in [4.78, 5) is 16.5. The quantitative estimate of drug-likeness (QED) is 0.719. The lowest BCUT2D eigenvalue weighted by atomic mass is 10.2. The minimum absolute atomic E-state index is 0.157. The largest absolute Gasteiger partial charge is 0.469 e. The molecule has 0 bridgehead atoms. The molecule has 0 amide bonds. The lowest BCUT2D eigenvalue weighted by Crippen LogP contribution is -2.01. The number of aryl methyl sites for hydroxylation is 3. The first kappa shape index (κ1) is 11.2. The predicted molar refractivity (Wildman–Crippen MR) is 56.6 cm³/mol. The van der Waals surface area contributed by atoms with Gasteiger partial charge >= 0.3 is 5.97 Å². The fourth-order valence-corrected chi connectivity index (χ4v) is 2.20. The van der Waals surface area contributed by atoms with Gasteiger partial charge in [-0.05, 0) is 19.8 Å². The molecule has 1 aromatic heterocycles. The minimum Gasteiger partial charge on any atom is -0.469 e. The molecule has 0 aliphatic heterocycles. The molecule has 78 valence electrons. The maximum atomic E-state index is 10.9. The number of aromatic nitrogens is 1. The Morgan fingerprint density at radius 2 is 2.29 bits per heavy atom. The fraction of sp³-hybridized carbons (Fsp3) is 0.600. The number of nitrogens with zero attached hydrogens (tertiary/aromatic N) is 1. The highest BCUT2D eigenvalue weighted by Gasteiger charge is 2.08. The Labute approximate surface area is 88.1 Å². The number of hydrogen-bond donors (Lipinski definition) is 0. The van der Waals surface area contributed by atoms with Gasteiger partial charge in [0.2, 0.25) is 0 Å². The number of thiazole rings is 1. The summed E-state index contributed by atoms with van der Waals surface area (Å²) in [6, 6.07) is 0. The third-order valence-electron chi connectivity index (χ3n) is 2.02. The summed E-state index contributed by atoms with van der Waals surface area (Å²) in [6.07, 6.45) is 2.16. The molecule has 0 saturated carbocycles. The summed E-state index contributed by atoms with van der Waals surface area (Å²) in [6.45, 7) is 4.07. The van der Waals surface area contributed by atoms with E-state index in [1.54, 1.807) is 11.3 Å².